The smallest absolute Gasteiger partial charge is 0.305 e. The van der Waals surface area contributed by atoms with E-state index in [0.717, 1.165) is 12.7 Å². The molecule has 3 nitrogen and oxygen atoms in total. The molecule has 0 unspecified atom stereocenters. The van der Waals surface area contributed by atoms with E-state index in [-0.39, 0.29) is 10.8 Å². The molecule has 0 aromatic carbocycles. The number of allylic oxidation sites excluding steroid dienone is 2. The van der Waals surface area contributed by atoms with Crippen molar-refractivity contribution in [2.24, 2.45) is 10.8 Å². The van der Waals surface area contributed by atoms with E-state index in [4.69, 9.17) is 4.18 Å². The molecule has 0 N–H and O–H groups in total. The topological polar surface area (TPSA) is 43.4 Å². The molecule has 0 saturated heterocycles. The third kappa shape index (κ3) is 4.24. The first kappa shape index (κ1) is 12.6. The van der Waals surface area contributed by atoms with Crippen LogP contribution >= 0.6 is 0 Å². The second kappa shape index (κ2) is 3.51. The second-order valence-corrected chi connectivity index (χ2v) is 7.48. The van der Waals surface area contributed by atoms with E-state index in [1.54, 1.807) is 0 Å². The molecule has 1 rings (SSSR count). The Labute approximate surface area is 92.6 Å². The average molecular weight is 232 g/mol. The zero-order valence-corrected chi connectivity index (χ0v) is 10.9. The Morgan fingerprint density at radius 3 is 2.20 bits per heavy atom. The molecule has 88 valence electrons. The summed E-state index contributed by atoms with van der Waals surface area (Å²) < 4.78 is 27.1. The summed E-state index contributed by atoms with van der Waals surface area (Å²) in [5, 5.41) is 0. The molecule has 4 heteroatoms. The van der Waals surface area contributed by atoms with Crippen LogP contribution in [0.15, 0.2) is 11.8 Å². The Bertz CT molecular complexity index is 375. The Kier molecular flexibility index (Phi) is 2.94. The normalized spacial score (nSPS) is 24.5. The minimum absolute atomic E-state index is 0.00176. The molecule has 0 amide bonds. The van der Waals surface area contributed by atoms with Crippen molar-refractivity contribution in [1.82, 2.24) is 0 Å². The van der Waals surface area contributed by atoms with Crippen LogP contribution in [0.5, 0.6) is 0 Å². The Morgan fingerprint density at radius 2 is 1.80 bits per heavy atom. The zero-order valence-electron chi connectivity index (χ0n) is 10.1. The van der Waals surface area contributed by atoms with Crippen LogP contribution in [0.1, 0.15) is 40.5 Å². The highest BCUT2D eigenvalue weighted by Crippen LogP contribution is 2.44. The first-order chi connectivity index (χ1) is 6.49. The van der Waals surface area contributed by atoms with Gasteiger partial charge in [-0.15, -0.1) is 0 Å². The highest BCUT2D eigenvalue weighted by atomic mass is 32.2. The van der Waals surface area contributed by atoms with Gasteiger partial charge in [-0.05, 0) is 23.3 Å². The van der Waals surface area contributed by atoms with Crippen LogP contribution in [-0.4, -0.2) is 14.7 Å². The molecular weight excluding hydrogens is 212 g/mol. The third-order valence-corrected chi connectivity index (χ3v) is 2.91. The predicted molar refractivity (Wildman–Crippen MR) is 60.8 cm³/mol. The van der Waals surface area contributed by atoms with Crippen molar-refractivity contribution in [1.29, 1.82) is 0 Å². The molecule has 0 aromatic heterocycles. The number of hydrogen-bond acceptors (Lipinski definition) is 3. The molecule has 1 aliphatic carbocycles. The van der Waals surface area contributed by atoms with Gasteiger partial charge in [0.05, 0.1) is 6.26 Å². The van der Waals surface area contributed by atoms with Crippen LogP contribution in [0, 0.1) is 10.8 Å². The van der Waals surface area contributed by atoms with Crippen molar-refractivity contribution in [2.45, 2.75) is 40.5 Å². The minimum Gasteiger partial charge on any atom is -0.387 e. The van der Waals surface area contributed by atoms with Gasteiger partial charge in [-0.2, -0.15) is 8.42 Å². The molecule has 0 radical (unpaired) electrons. The molecule has 15 heavy (non-hydrogen) atoms. The molecule has 0 spiro atoms. The highest BCUT2D eigenvalue weighted by molar-refractivity contribution is 7.86. The van der Waals surface area contributed by atoms with Crippen LogP contribution in [0.3, 0.4) is 0 Å². The van der Waals surface area contributed by atoms with Gasteiger partial charge in [0, 0.05) is 6.42 Å². The van der Waals surface area contributed by atoms with Crippen molar-refractivity contribution in [3.8, 4) is 0 Å². The molecule has 0 fully saturated rings. The molecular formula is C11H20O3S. The van der Waals surface area contributed by atoms with Crippen molar-refractivity contribution in [3.05, 3.63) is 11.8 Å². The van der Waals surface area contributed by atoms with Crippen LogP contribution in [-0.2, 0) is 14.3 Å². The van der Waals surface area contributed by atoms with Crippen molar-refractivity contribution in [2.75, 3.05) is 6.26 Å². The number of rotatable bonds is 2. The fraction of sp³-hybridized carbons (Fsp3) is 0.818. The molecule has 0 heterocycles. The van der Waals surface area contributed by atoms with E-state index >= 15 is 0 Å². The van der Waals surface area contributed by atoms with E-state index in [9.17, 15) is 8.42 Å². The van der Waals surface area contributed by atoms with Gasteiger partial charge < -0.3 is 4.18 Å². The summed E-state index contributed by atoms with van der Waals surface area (Å²) in [6.07, 6.45) is 4.74. The van der Waals surface area contributed by atoms with Crippen LogP contribution < -0.4 is 0 Å². The third-order valence-electron chi connectivity index (χ3n) is 2.40. The molecule has 0 aromatic rings. The van der Waals surface area contributed by atoms with Gasteiger partial charge in [-0.3, -0.25) is 0 Å². The van der Waals surface area contributed by atoms with E-state index < -0.39 is 10.1 Å². The van der Waals surface area contributed by atoms with Gasteiger partial charge in [0.25, 0.3) is 0 Å². The fourth-order valence-corrected chi connectivity index (χ4v) is 3.05. The average Bonchev–Trinajstić information content (AvgIpc) is 1.70. The van der Waals surface area contributed by atoms with Gasteiger partial charge in [-0.25, -0.2) is 0 Å². The molecule has 1 aliphatic rings. The van der Waals surface area contributed by atoms with Gasteiger partial charge in [-0.1, -0.05) is 27.7 Å². The molecule has 0 atom stereocenters. The Hall–Kier alpha value is -0.510. The van der Waals surface area contributed by atoms with E-state index in [1.165, 1.54) is 0 Å². The zero-order chi connectivity index (χ0) is 11.9. The lowest BCUT2D eigenvalue weighted by atomic mass is 9.69. The summed E-state index contributed by atoms with van der Waals surface area (Å²) in [5.74, 6) is 0.582. The highest BCUT2D eigenvalue weighted by Gasteiger charge is 2.34. The fourth-order valence-electron chi connectivity index (χ4n) is 2.55. The maximum Gasteiger partial charge on any atom is 0.305 e. The minimum atomic E-state index is -3.39. The van der Waals surface area contributed by atoms with E-state index in [0.29, 0.717) is 12.2 Å². The van der Waals surface area contributed by atoms with Crippen molar-refractivity contribution < 1.29 is 12.6 Å². The summed E-state index contributed by atoms with van der Waals surface area (Å²) in [7, 11) is -3.39. The largest absolute Gasteiger partial charge is 0.387 e. The molecule has 0 saturated carbocycles. The summed E-state index contributed by atoms with van der Waals surface area (Å²) in [4.78, 5) is 0. The monoisotopic (exact) mass is 232 g/mol. The van der Waals surface area contributed by atoms with Crippen molar-refractivity contribution in [3.63, 3.8) is 0 Å². The SMILES string of the molecule is CC1(C)C=C(OS(C)(=O)=O)CC(C)(C)C1. The molecule has 0 bridgehead atoms. The maximum absolute atomic E-state index is 11.1. The van der Waals surface area contributed by atoms with Crippen molar-refractivity contribution >= 4 is 10.1 Å². The summed E-state index contributed by atoms with van der Waals surface area (Å²) >= 11 is 0. The summed E-state index contributed by atoms with van der Waals surface area (Å²) in [6, 6.07) is 0. The first-order valence-electron chi connectivity index (χ1n) is 5.10. The van der Waals surface area contributed by atoms with Crippen LogP contribution in [0.4, 0.5) is 0 Å². The standard InChI is InChI=1S/C11H20O3S/c1-10(2)6-9(14-15(5,12)13)7-11(3,4)8-10/h6H,7-8H2,1-5H3. The molecule has 0 aliphatic heterocycles. The van der Waals surface area contributed by atoms with Gasteiger partial charge in [0.15, 0.2) is 0 Å². The van der Waals surface area contributed by atoms with Gasteiger partial charge >= 0.3 is 10.1 Å². The van der Waals surface area contributed by atoms with Crippen LogP contribution in [0.2, 0.25) is 0 Å². The van der Waals surface area contributed by atoms with Gasteiger partial charge in [0.1, 0.15) is 5.76 Å². The lowest BCUT2D eigenvalue weighted by Crippen LogP contribution is -2.28. The number of hydrogen-bond donors (Lipinski definition) is 0. The Balaban J connectivity index is 2.95. The second-order valence-electron chi connectivity index (χ2n) is 5.90. The lowest BCUT2D eigenvalue weighted by Gasteiger charge is -2.38. The van der Waals surface area contributed by atoms with Gasteiger partial charge in [0.2, 0.25) is 0 Å². The van der Waals surface area contributed by atoms with E-state index in [2.05, 4.69) is 27.7 Å². The van der Waals surface area contributed by atoms with E-state index in [1.807, 2.05) is 6.08 Å². The lowest BCUT2D eigenvalue weighted by molar-refractivity contribution is 0.182. The summed E-state index contributed by atoms with van der Waals surface area (Å²) in [6.45, 7) is 8.46. The first-order valence-corrected chi connectivity index (χ1v) is 6.92. The maximum atomic E-state index is 11.1. The Morgan fingerprint density at radius 1 is 1.27 bits per heavy atom. The summed E-state index contributed by atoms with van der Waals surface area (Å²) in [5.41, 5.74) is 0.0973. The van der Waals surface area contributed by atoms with Crippen LogP contribution in [0.25, 0.3) is 0 Å². The quantitative estimate of drug-likeness (QED) is 0.687. The predicted octanol–water partition coefficient (Wildman–Crippen LogP) is 2.69.